The molecule has 0 bridgehead atoms. The van der Waals surface area contributed by atoms with Crippen molar-refractivity contribution in [1.29, 1.82) is 0 Å². The molecule has 0 amide bonds. The Bertz CT molecular complexity index is 1240. The molecule has 4 rings (SSSR count). The molecule has 3 N–H and O–H groups in total. The van der Waals surface area contributed by atoms with E-state index in [2.05, 4.69) is 25.5 Å². The van der Waals surface area contributed by atoms with E-state index in [9.17, 15) is 14.2 Å². The summed E-state index contributed by atoms with van der Waals surface area (Å²) in [5.41, 5.74) is 0.695. The third kappa shape index (κ3) is 8.42. The van der Waals surface area contributed by atoms with Crippen molar-refractivity contribution in [2.24, 2.45) is 0 Å². The van der Waals surface area contributed by atoms with Crippen LogP contribution in [0, 0.1) is 0 Å². The Morgan fingerprint density at radius 3 is 2.33 bits per heavy atom. The van der Waals surface area contributed by atoms with Gasteiger partial charge in [0.15, 0.2) is 0 Å². The molecular weight excluding hydrogens is 587 g/mol. The van der Waals surface area contributed by atoms with Crippen LogP contribution in [-0.2, 0) is 33.1 Å². The average molecular weight is 629 g/mol. The topological polar surface area (TPSA) is 155 Å². The molecule has 1 saturated heterocycles. The molecule has 0 aromatic carbocycles. The summed E-state index contributed by atoms with van der Waals surface area (Å²) < 4.78 is 37.9. The number of esters is 2. The Kier molecular flexibility index (Phi) is 11.6. The van der Waals surface area contributed by atoms with Crippen LogP contribution in [0.2, 0.25) is 5.28 Å². The maximum absolute atomic E-state index is 13.8. The summed E-state index contributed by atoms with van der Waals surface area (Å²) in [5.74, 6) is -0.386. The third-order valence-electron chi connectivity index (χ3n) is 7.30. The van der Waals surface area contributed by atoms with Gasteiger partial charge in [0.05, 0.1) is 31.3 Å². The van der Waals surface area contributed by atoms with Crippen LogP contribution in [0.3, 0.4) is 0 Å². The molecule has 2 aromatic heterocycles. The van der Waals surface area contributed by atoms with Crippen LogP contribution in [0.5, 0.6) is 0 Å². The molecule has 4 atom stereocenters. The first kappa shape index (κ1) is 32.6. The van der Waals surface area contributed by atoms with Gasteiger partial charge in [-0.2, -0.15) is 4.98 Å². The third-order valence-corrected chi connectivity index (χ3v) is 9.62. The number of ether oxygens (including phenoxy) is 4. The van der Waals surface area contributed by atoms with Crippen molar-refractivity contribution in [3.8, 4) is 0 Å². The van der Waals surface area contributed by atoms with Crippen LogP contribution in [0.4, 0.5) is 5.82 Å². The smallest absolute Gasteiger partial charge is 0.323 e. The van der Waals surface area contributed by atoms with Gasteiger partial charge in [-0.15, -0.1) is 0 Å². The normalized spacial score (nSPS) is 21.0. The van der Waals surface area contributed by atoms with E-state index in [4.69, 9.17) is 30.5 Å². The van der Waals surface area contributed by atoms with Crippen LogP contribution in [0.25, 0.3) is 11.0 Å². The van der Waals surface area contributed by atoms with E-state index in [0.29, 0.717) is 18.1 Å². The second kappa shape index (κ2) is 14.9. The summed E-state index contributed by atoms with van der Waals surface area (Å²) in [6, 6.07) is 0.570. The average Bonchev–Trinajstić information content (AvgIpc) is 3.70. The number of carbonyl (C=O) groups excluding carboxylic acids is 2. The number of nitrogens with zero attached hydrogens (tertiary/aromatic N) is 3. The Balaban J connectivity index is 1.37. The molecule has 15 heteroatoms. The number of anilines is 1. The maximum atomic E-state index is 13.8. The molecule has 1 saturated carbocycles. The number of hydrogen-bond acceptors (Lipinski definition) is 10. The molecule has 0 spiro atoms. The van der Waals surface area contributed by atoms with Gasteiger partial charge in [0.25, 0.3) is 0 Å². The monoisotopic (exact) mass is 628 g/mol. The van der Waals surface area contributed by atoms with Gasteiger partial charge in [-0.3, -0.25) is 14.2 Å². The summed E-state index contributed by atoms with van der Waals surface area (Å²) in [6.07, 6.45) is 7.16. The van der Waals surface area contributed by atoms with Gasteiger partial charge in [0.2, 0.25) is 12.7 Å². The molecule has 1 aliphatic heterocycles. The molecule has 0 unspecified atom stereocenters. The number of hydrogen-bond donors (Lipinski definition) is 3. The lowest BCUT2D eigenvalue weighted by atomic mass is 10.2. The predicted octanol–water partition coefficient (Wildman–Crippen LogP) is 4.37. The zero-order valence-corrected chi connectivity index (χ0v) is 26.3. The first-order valence-electron chi connectivity index (χ1n) is 14.6. The predicted molar refractivity (Wildman–Crippen MR) is 158 cm³/mol. The van der Waals surface area contributed by atoms with Crippen LogP contribution in [0.1, 0.15) is 72.4 Å². The molecule has 2 aliphatic rings. The molecule has 0 radical (unpaired) electrons. The van der Waals surface area contributed by atoms with E-state index in [0.717, 1.165) is 30.5 Å². The number of nitrogens with one attached hydrogen (secondary N) is 3. The first-order chi connectivity index (χ1) is 20.1. The highest BCUT2D eigenvalue weighted by molar-refractivity contribution is 7.59. The van der Waals surface area contributed by atoms with Gasteiger partial charge in [0, 0.05) is 12.2 Å². The van der Waals surface area contributed by atoms with Crippen molar-refractivity contribution in [3.05, 3.63) is 17.5 Å². The minimum atomic E-state index is -3.59. The van der Waals surface area contributed by atoms with Gasteiger partial charge >= 0.3 is 11.9 Å². The minimum Gasteiger partial charge on any atom is -0.465 e. The van der Waals surface area contributed by atoms with Gasteiger partial charge in [-0.25, -0.2) is 15.2 Å². The maximum Gasteiger partial charge on any atom is 0.323 e. The van der Waals surface area contributed by atoms with Crippen molar-refractivity contribution >= 4 is 47.8 Å². The standard InChI is InChI=1S/C27H42ClN6O7P/c1-5-39-25(35)17(3)32-42(37,33-18(4)26(36)40-6-2)16-38-15-20-11-12-22(41-20)34-14-13-21-23(29-19-9-7-8-10-19)30-27(28)31-24(21)34/h13-14,17-20,22H,5-12,15-16H2,1-4H3,(H,29,30,31)(H2,32,33,37)/t17-,18-,20-,22+/m0/s1. The molecule has 13 nitrogen and oxygen atoms in total. The number of halogens is 1. The highest BCUT2D eigenvalue weighted by Crippen LogP contribution is 2.39. The van der Waals surface area contributed by atoms with E-state index in [-0.39, 0.29) is 43.8 Å². The number of rotatable bonds is 15. The van der Waals surface area contributed by atoms with E-state index >= 15 is 0 Å². The summed E-state index contributed by atoms with van der Waals surface area (Å²) in [6.45, 7) is 6.99. The Labute approximate surface area is 251 Å². The van der Waals surface area contributed by atoms with Crippen molar-refractivity contribution in [2.45, 2.75) is 96.7 Å². The quantitative estimate of drug-likeness (QED) is 0.146. The highest BCUT2D eigenvalue weighted by atomic mass is 35.5. The zero-order chi connectivity index (χ0) is 30.3. The molecular formula is C27H42ClN6O7P. The summed E-state index contributed by atoms with van der Waals surface area (Å²) >= 11 is 6.30. The molecule has 1 aliphatic carbocycles. The minimum absolute atomic E-state index is 0.162. The highest BCUT2D eigenvalue weighted by Gasteiger charge is 2.34. The van der Waals surface area contributed by atoms with Gasteiger partial charge < -0.3 is 28.8 Å². The van der Waals surface area contributed by atoms with Crippen molar-refractivity contribution in [2.75, 3.05) is 31.5 Å². The summed E-state index contributed by atoms with van der Waals surface area (Å²) in [7, 11) is -3.59. The van der Waals surface area contributed by atoms with Gasteiger partial charge in [-0.05, 0) is 71.0 Å². The molecule has 234 valence electrons. The second-order valence-electron chi connectivity index (χ2n) is 10.7. The van der Waals surface area contributed by atoms with Crippen molar-refractivity contribution in [3.63, 3.8) is 0 Å². The fraction of sp³-hybridized carbons (Fsp3) is 0.704. The van der Waals surface area contributed by atoms with E-state index < -0.39 is 31.5 Å². The number of fused-ring (bicyclic) bond motifs is 1. The fourth-order valence-corrected chi connectivity index (χ4v) is 7.53. The largest absolute Gasteiger partial charge is 0.465 e. The number of carbonyl (C=O) groups is 2. The Hall–Kier alpha value is -2.28. The van der Waals surface area contributed by atoms with Crippen molar-refractivity contribution < 1.29 is 33.1 Å². The fourth-order valence-electron chi connectivity index (χ4n) is 5.32. The van der Waals surface area contributed by atoms with Gasteiger partial charge in [0.1, 0.15) is 36.1 Å². The summed E-state index contributed by atoms with van der Waals surface area (Å²) in [5, 5.41) is 10.1. The zero-order valence-electron chi connectivity index (χ0n) is 24.6. The Morgan fingerprint density at radius 2 is 1.71 bits per heavy atom. The van der Waals surface area contributed by atoms with E-state index in [1.807, 2.05) is 16.8 Å². The van der Waals surface area contributed by atoms with Crippen LogP contribution >= 0.6 is 19.0 Å². The number of aromatic nitrogens is 3. The molecule has 3 heterocycles. The lowest BCUT2D eigenvalue weighted by Gasteiger charge is -2.26. The van der Waals surface area contributed by atoms with Crippen LogP contribution in [0.15, 0.2) is 12.3 Å². The van der Waals surface area contributed by atoms with E-state index in [1.54, 1.807) is 13.8 Å². The second-order valence-corrected chi connectivity index (χ2v) is 13.3. The first-order valence-corrected chi connectivity index (χ1v) is 16.9. The van der Waals surface area contributed by atoms with E-state index in [1.165, 1.54) is 26.7 Å². The molecule has 2 aromatic rings. The lowest BCUT2D eigenvalue weighted by Crippen LogP contribution is -2.43. The lowest BCUT2D eigenvalue weighted by molar-refractivity contribution is -0.145. The van der Waals surface area contributed by atoms with Crippen LogP contribution < -0.4 is 15.5 Å². The van der Waals surface area contributed by atoms with Gasteiger partial charge in [-0.1, -0.05) is 12.8 Å². The van der Waals surface area contributed by atoms with Crippen molar-refractivity contribution in [1.82, 2.24) is 24.7 Å². The van der Waals surface area contributed by atoms with Crippen LogP contribution in [-0.4, -0.2) is 76.9 Å². The molecule has 2 fully saturated rings. The molecule has 42 heavy (non-hydrogen) atoms. The summed E-state index contributed by atoms with van der Waals surface area (Å²) in [4.78, 5) is 33.3. The Morgan fingerprint density at radius 1 is 1.07 bits per heavy atom. The SMILES string of the molecule is CCOC(=O)[C@H](C)NP(=O)(COC[C@@H]1CC[C@H](n2ccc3c(NC4CCCC4)nc(Cl)nc32)O1)N[C@@H](C)C(=O)OCC.